The van der Waals surface area contributed by atoms with E-state index in [0.717, 1.165) is 25.3 Å². The summed E-state index contributed by atoms with van der Waals surface area (Å²) in [6, 6.07) is 5.15. The van der Waals surface area contributed by atoms with Crippen LogP contribution >= 0.6 is 0 Å². The second kappa shape index (κ2) is 6.95. The van der Waals surface area contributed by atoms with Crippen molar-refractivity contribution in [3.8, 4) is 5.75 Å². The molecule has 0 bridgehead atoms. The zero-order chi connectivity index (χ0) is 14.4. The van der Waals surface area contributed by atoms with Gasteiger partial charge < -0.3 is 14.2 Å². The van der Waals surface area contributed by atoms with Crippen molar-refractivity contribution < 1.29 is 27.4 Å². The number of ether oxygens (including phenoxy) is 3. The van der Waals surface area contributed by atoms with E-state index >= 15 is 0 Å². The van der Waals surface area contributed by atoms with Crippen molar-refractivity contribution in [2.45, 2.75) is 31.7 Å². The Bertz CT molecular complexity index is 414. The SMILES string of the molecule is FC(F)(F)c1ccccc1OCCOC1CCCCO1. The second-order valence-corrected chi connectivity index (χ2v) is 4.51. The van der Waals surface area contributed by atoms with Crippen LogP contribution in [0, 0.1) is 0 Å². The van der Waals surface area contributed by atoms with E-state index in [-0.39, 0.29) is 25.3 Å². The van der Waals surface area contributed by atoms with Crippen LogP contribution in [0.15, 0.2) is 24.3 Å². The highest BCUT2D eigenvalue weighted by Gasteiger charge is 2.33. The van der Waals surface area contributed by atoms with Gasteiger partial charge in [0, 0.05) is 6.61 Å². The van der Waals surface area contributed by atoms with E-state index in [9.17, 15) is 13.2 Å². The van der Waals surface area contributed by atoms with Crippen LogP contribution in [0.3, 0.4) is 0 Å². The molecular formula is C14H17F3O3. The maximum atomic E-state index is 12.7. The fourth-order valence-corrected chi connectivity index (χ4v) is 2.00. The Kier molecular flexibility index (Phi) is 5.25. The monoisotopic (exact) mass is 290 g/mol. The van der Waals surface area contributed by atoms with Gasteiger partial charge in [0.15, 0.2) is 6.29 Å². The van der Waals surface area contributed by atoms with Gasteiger partial charge in [0.05, 0.1) is 12.2 Å². The standard InChI is InChI=1S/C14H17F3O3/c15-14(16,17)11-5-1-2-6-12(11)18-9-10-20-13-7-3-4-8-19-13/h1-2,5-6,13H,3-4,7-10H2. The fourth-order valence-electron chi connectivity index (χ4n) is 2.00. The number of alkyl halides is 3. The Labute approximate surface area is 115 Å². The molecule has 1 unspecified atom stereocenters. The highest BCUT2D eigenvalue weighted by molar-refractivity contribution is 5.35. The van der Waals surface area contributed by atoms with Crippen molar-refractivity contribution in [2.75, 3.05) is 19.8 Å². The lowest BCUT2D eigenvalue weighted by molar-refractivity contribution is -0.166. The van der Waals surface area contributed by atoms with Gasteiger partial charge in [-0.2, -0.15) is 13.2 Å². The molecule has 1 heterocycles. The molecule has 2 rings (SSSR count). The summed E-state index contributed by atoms with van der Waals surface area (Å²) in [6.07, 6.45) is -1.79. The minimum Gasteiger partial charge on any atom is -0.491 e. The molecule has 0 radical (unpaired) electrons. The normalized spacial score (nSPS) is 19.9. The molecule has 1 aromatic rings. The first-order valence-electron chi connectivity index (χ1n) is 6.59. The topological polar surface area (TPSA) is 27.7 Å². The smallest absolute Gasteiger partial charge is 0.419 e. The number of rotatable bonds is 5. The van der Waals surface area contributed by atoms with E-state index in [1.165, 1.54) is 18.2 Å². The van der Waals surface area contributed by atoms with Crippen LogP contribution in [-0.4, -0.2) is 26.1 Å². The summed E-state index contributed by atoms with van der Waals surface area (Å²) in [5.74, 6) is -0.173. The van der Waals surface area contributed by atoms with Gasteiger partial charge in [-0.3, -0.25) is 0 Å². The highest BCUT2D eigenvalue weighted by Crippen LogP contribution is 2.35. The van der Waals surface area contributed by atoms with E-state index in [1.54, 1.807) is 0 Å². The van der Waals surface area contributed by atoms with Crippen molar-refractivity contribution in [3.63, 3.8) is 0 Å². The molecule has 0 aliphatic carbocycles. The van der Waals surface area contributed by atoms with E-state index in [1.807, 2.05) is 0 Å². The zero-order valence-corrected chi connectivity index (χ0v) is 11.0. The summed E-state index contributed by atoms with van der Waals surface area (Å²) in [5, 5.41) is 0. The van der Waals surface area contributed by atoms with E-state index in [2.05, 4.69) is 0 Å². The lowest BCUT2D eigenvalue weighted by Crippen LogP contribution is -2.24. The molecule has 0 saturated carbocycles. The van der Waals surface area contributed by atoms with Gasteiger partial charge in [-0.25, -0.2) is 0 Å². The minimum absolute atomic E-state index is 0.0625. The molecular weight excluding hydrogens is 273 g/mol. The average Bonchev–Trinajstić information content (AvgIpc) is 2.44. The van der Waals surface area contributed by atoms with Gasteiger partial charge in [0.2, 0.25) is 0 Å². The van der Waals surface area contributed by atoms with Crippen molar-refractivity contribution >= 4 is 0 Å². The van der Waals surface area contributed by atoms with Crippen molar-refractivity contribution in [3.05, 3.63) is 29.8 Å². The van der Waals surface area contributed by atoms with Gasteiger partial charge in [-0.1, -0.05) is 12.1 Å². The Morgan fingerprint density at radius 3 is 2.65 bits per heavy atom. The molecule has 0 aromatic heterocycles. The summed E-state index contributed by atoms with van der Waals surface area (Å²) in [5.41, 5.74) is -0.770. The van der Waals surface area contributed by atoms with Crippen LogP contribution in [0.4, 0.5) is 13.2 Å². The van der Waals surface area contributed by atoms with Gasteiger partial charge in [0.25, 0.3) is 0 Å². The average molecular weight is 290 g/mol. The molecule has 1 aromatic carbocycles. The number of para-hydroxylation sites is 1. The van der Waals surface area contributed by atoms with Crippen LogP contribution in [0.5, 0.6) is 5.75 Å². The molecule has 1 fully saturated rings. The molecule has 3 nitrogen and oxygen atoms in total. The van der Waals surface area contributed by atoms with E-state index in [0.29, 0.717) is 6.61 Å². The Morgan fingerprint density at radius 2 is 1.95 bits per heavy atom. The number of hydrogen-bond donors (Lipinski definition) is 0. The molecule has 1 saturated heterocycles. The predicted molar refractivity (Wildman–Crippen MR) is 66.5 cm³/mol. The van der Waals surface area contributed by atoms with Crippen LogP contribution in [-0.2, 0) is 15.7 Å². The summed E-state index contributed by atoms with van der Waals surface area (Å²) in [6.45, 7) is 0.937. The number of benzene rings is 1. The lowest BCUT2D eigenvalue weighted by atomic mass is 10.2. The van der Waals surface area contributed by atoms with Crippen LogP contribution in [0.2, 0.25) is 0 Å². The highest BCUT2D eigenvalue weighted by atomic mass is 19.4. The molecule has 1 aliphatic heterocycles. The zero-order valence-electron chi connectivity index (χ0n) is 11.0. The fraction of sp³-hybridized carbons (Fsp3) is 0.571. The largest absolute Gasteiger partial charge is 0.491 e. The Morgan fingerprint density at radius 1 is 1.15 bits per heavy atom. The van der Waals surface area contributed by atoms with E-state index in [4.69, 9.17) is 14.2 Å². The van der Waals surface area contributed by atoms with Gasteiger partial charge in [-0.05, 0) is 31.4 Å². The van der Waals surface area contributed by atoms with E-state index < -0.39 is 11.7 Å². The van der Waals surface area contributed by atoms with Crippen molar-refractivity contribution in [2.24, 2.45) is 0 Å². The maximum absolute atomic E-state index is 12.7. The first kappa shape index (κ1) is 15.1. The molecule has 20 heavy (non-hydrogen) atoms. The van der Waals surface area contributed by atoms with Crippen LogP contribution in [0.1, 0.15) is 24.8 Å². The third-order valence-electron chi connectivity index (χ3n) is 2.98. The molecule has 1 aliphatic rings. The molecule has 0 N–H and O–H groups in total. The summed E-state index contributed by atoms with van der Waals surface area (Å²) in [4.78, 5) is 0. The predicted octanol–water partition coefficient (Wildman–Crippen LogP) is 3.63. The third-order valence-corrected chi connectivity index (χ3v) is 2.98. The maximum Gasteiger partial charge on any atom is 0.419 e. The number of halogens is 3. The Balaban J connectivity index is 1.79. The second-order valence-electron chi connectivity index (χ2n) is 4.51. The third kappa shape index (κ3) is 4.38. The van der Waals surface area contributed by atoms with Crippen LogP contribution in [0.25, 0.3) is 0 Å². The molecule has 6 heteroatoms. The van der Waals surface area contributed by atoms with Crippen LogP contribution < -0.4 is 4.74 Å². The molecule has 0 amide bonds. The lowest BCUT2D eigenvalue weighted by Gasteiger charge is -2.22. The summed E-state index contributed by atoms with van der Waals surface area (Å²) >= 11 is 0. The number of hydrogen-bond acceptors (Lipinski definition) is 3. The van der Waals surface area contributed by atoms with Gasteiger partial charge >= 0.3 is 6.18 Å². The summed E-state index contributed by atoms with van der Waals surface area (Å²) in [7, 11) is 0. The van der Waals surface area contributed by atoms with Crippen molar-refractivity contribution in [1.82, 2.24) is 0 Å². The minimum atomic E-state index is -4.41. The first-order chi connectivity index (χ1) is 9.57. The van der Waals surface area contributed by atoms with Gasteiger partial charge in [0.1, 0.15) is 12.4 Å². The summed E-state index contributed by atoms with van der Waals surface area (Å²) < 4.78 is 54.1. The molecule has 0 spiro atoms. The van der Waals surface area contributed by atoms with Gasteiger partial charge in [-0.15, -0.1) is 0 Å². The first-order valence-corrected chi connectivity index (χ1v) is 6.59. The molecule has 112 valence electrons. The van der Waals surface area contributed by atoms with Crippen molar-refractivity contribution in [1.29, 1.82) is 0 Å². The molecule has 1 atom stereocenters. The Hall–Kier alpha value is -1.27. The quantitative estimate of drug-likeness (QED) is 0.775.